The second-order valence-electron chi connectivity index (χ2n) is 6.55. The van der Waals surface area contributed by atoms with Crippen LogP contribution in [0.1, 0.15) is 15.6 Å². The predicted octanol–water partition coefficient (Wildman–Crippen LogP) is 4.13. The smallest absolute Gasteiger partial charge is 0.157 e. The Labute approximate surface area is 165 Å². The molecular weight excluding hydrogens is 351 g/mol. The second-order valence-corrected chi connectivity index (χ2v) is 9.75. The van der Waals surface area contributed by atoms with Crippen LogP contribution in [0.4, 0.5) is 0 Å². The number of rotatable bonds is 7. The minimum absolute atomic E-state index is 0.311. The molecule has 2 nitrogen and oxygen atoms in total. The molecule has 4 rings (SSSR count). The summed E-state index contributed by atoms with van der Waals surface area (Å²) in [5, 5.41) is 3.15. The van der Waals surface area contributed by atoms with Gasteiger partial charge in [-0.05, 0) is 42.8 Å². The zero-order valence-electron chi connectivity index (χ0n) is 17.3. The van der Waals surface area contributed by atoms with E-state index in [1.165, 1.54) is 0 Å². The van der Waals surface area contributed by atoms with Gasteiger partial charge in [-0.15, -0.1) is 0 Å². The fourth-order valence-corrected chi connectivity index (χ4v) is 7.36. The second kappa shape index (κ2) is 8.80. The van der Waals surface area contributed by atoms with Crippen molar-refractivity contribution in [2.75, 3.05) is 19.3 Å². The molecule has 1 saturated heterocycles. The van der Waals surface area contributed by atoms with Crippen molar-refractivity contribution < 1.29 is 12.2 Å². The van der Waals surface area contributed by atoms with Gasteiger partial charge in [-0.1, -0.05) is 54.6 Å². The van der Waals surface area contributed by atoms with E-state index < -0.39 is 13.4 Å². The van der Waals surface area contributed by atoms with Crippen LogP contribution in [0.3, 0.4) is 0 Å². The van der Waals surface area contributed by atoms with Crippen LogP contribution in [0, 0.1) is 0 Å². The van der Waals surface area contributed by atoms with E-state index in [1.807, 2.05) is 54.6 Å². The largest absolute Gasteiger partial charge is 0.350 e. The molecule has 0 aromatic heterocycles. The minimum Gasteiger partial charge on any atom is -0.350 e. The maximum Gasteiger partial charge on any atom is 0.157 e. The Morgan fingerprint density at radius 3 is 1.52 bits per heavy atom. The van der Waals surface area contributed by atoms with Gasteiger partial charge in [-0.2, -0.15) is 0 Å². The fraction of sp³-hybridized carbons (Fsp3) is 0.250. The van der Waals surface area contributed by atoms with Gasteiger partial charge in [-0.25, -0.2) is 0 Å². The molecule has 0 radical (unpaired) electrons. The number of hydrogen-bond donors (Lipinski definition) is 0. The third-order valence-corrected chi connectivity index (χ3v) is 8.77. The average Bonchev–Trinajstić information content (AvgIpc) is 3.29. The minimum atomic E-state index is -2.59. The standard InChI is InChI=1S/C24H26O2P/c1-4-11-21(12-5-1)27(22-13-6-2-7-14-22,23-15-8-3-9-16-23)20-10-17-24-25-18-19-26-24/h1-9,11-16,24H,10,17-20H2/q+1/i20D2. The Hall–Kier alpha value is -1.99. The molecule has 1 aliphatic heterocycles. The van der Waals surface area contributed by atoms with Crippen molar-refractivity contribution in [3.63, 3.8) is 0 Å². The first kappa shape index (κ1) is 16.0. The van der Waals surface area contributed by atoms with E-state index in [4.69, 9.17) is 9.47 Å². The van der Waals surface area contributed by atoms with Crippen LogP contribution < -0.4 is 15.9 Å². The quantitative estimate of drug-likeness (QED) is 0.575. The van der Waals surface area contributed by atoms with Crippen LogP contribution >= 0.6 is 7.26 Å². The predicted molar refractivity (Wildman–Crippen MR) is 115 cm³/mol. The van der Waals surface area contributed by atoms with Crippen LogP contribution in [-0.4, -0.2) is 25.6 Å². The first-order valence-electron chi connectivity index (χ1n) is 10.4. The van der Waals surface area contributed by atoms with E-state index in [0.29, 0.717) is 26.1 Å². The van der Waals surface area contributed by atoms with Gasteiger partial charge in [0.15, 0.2) is 6.29 Å². The molecule has 0 aliphatic carbocycles. The Morgan fingerprint density at radius 1 is 0.704 bits per heavy atom. The zero-order valence-corrected chi connectivity index (χ0v) is 16.2. The summed E-state index contributed by atoms with van der Waals surface area (Å²) in [4.78, 5) is 0. The van der Waals surface area contributed by atoms with Crippen molar-refractivity contribution in [2.24, 2.45) is 0 Å². The Balaban J connectivity index is 1.89. The SMILES string of the molecule is [2H]C([2H])(CCC1OCCO1)[P+](c1ccccc1)(c1ccccc1)c1ccccc1. The molecule has 0 N–H and O–H groups in total. The summed E-state index contributed by atoms with van der Waals surface area (Å²) in [6, 6.07) is 30.5. The van der Waals surface area contributed by atoms with E-state index in [9.17, 15) is 2.74 Å². The van der Waals surface area contributed by atoms with Gasteiger partial charge in [0.05, 0.1) is 22.1 Å². The highest BCUT2D eigenvalue weighted by molar-refractivity contribution is 7.95. The van der Waals surface area contributed by atoms with Gasteiger partial charge in [0, 0.05) is 6.42 Å². The van der Waals surface area contributed by atoms with Gasteiger partial charge < -0.3 is 9.47 Å². The van der Waals surface area contributed by atoms with Crippen LogP contribution in [-0.2, 0) is 9.47 Å². The van der Waals surface area contributed by atoms with Crippen LogP contribution in [0.15, 0.2) is 91.0 Å². The summed E-state index contributed by atoms with van der Waals surface area (Å²) in [6.45, 7) is 1.17. The summed E-state index contributed by atoms with van der Waals surface area (Å²) in [6.07, 6.45) is -0.869. The summed E-state index contributed by atoms with van der Waals surface area (Å²) in [5.74, 6) is 0. The number of ether oxygens (including phenoxy) is 2. The average molecular weight is 379 g/mol. The molecule has 0 atom stereocenters. The van der Waals surface area contributed by atoms with Crippen molar-refractivity contribution in [3.8, 4) is 0 Å². The van der Waals surface area contributed by atoms with Crippen molar-refractivity contribution in [3.05, 3.63) is 91.0 Å². The molecule has 0 unspecified atom stereocenters. The fourth-order valence-electron chi connectivity index (χ4n) is 3.60. The van der Waals surface area contributed by atoms with Crippen LogP contribution in [0.5, 0.6) is 0 Å². The van der Waals surface area contributed by atoms with E-state index in [1.54, 1.807) is 0 Å². The van der Waals surface area contributed by atoms with Gasteiger partial charge in [0.2, 0.25) is 0 Å². The molecule has 3 aromatic rings. The third kappa shape index (κ3) is 3.99. The Bertz CT molecular complexity index is 801. The molecule has 0 spiro atoms. The van der Waals surface area contributed by atoms with Crippen molar-refractivity contribution in [1.29, 1.82) is 0 Å². The number of benzene rings is 3. The van der Waals surface area contributed by atoms with Gasteiger partial charge >= 0.3 is 0 Å². The number of hydrogen-bond acceptors (Lipinski definition) is 2. The van der Waals surface area contributed by atoms with Crippen molar-refractivity contribution in [2.45, 2.75) is 19.1 Å². The maximum absolute atomic E-state index is 9.41. The molecule has 0 saturated carbocycles. The van der Waals surface area contributed by atoms with E-state index in [0.717, 1.165) is 15.9 Å². The lowest BCUT2D eigenvalue weighted by molar-refractivity contribution is -0.0467. The molecule has 138 valence electrons. The van der Waals surface area contributed by atoms with Crippen LogP contribution in [0.25, 0.3) is 0 Å². The molecule has 1 heterocycles. The third-order valence-electron chi connectivity index (χ3n) is 4.85. The molecule has 0 bridgehead atoms. The lowest BCUT2D eigenvalue weighted by Crippen LogP contribution is -2.33. The van der Waals surface area contributed by atoms with Gasteiger partial charge in [-0.3, -0.25) is 0 Å². The highest BCUT2D eigenvalue weighted by Gasteiger charge is 2.44. The van der Waals surface area contributed by atoms with Gasteiger partial charge in [0.25, 0.3) is 0 Å². The molecule has 3 aromatic carbocycles. The first-order valence-corrected chi connectivity index (χ1v) is 11.2. The maximum atomic E-state index is 9.41. The highest BCUT2D eigenvalue weighted by atomic mass is 31.2. The topological polar surface area (TPSA) is 18.5 Å². The molecule has 27 heavy (non-hydrogen) atoms. The van der Waals surface area contributed by atoms with Crippen molar-refractivity contribution >= 4 is 23.2 Å². The van der Waals surface area contributed by atoms with Crippen molar-refractivity contribution in [1.82, 2.24) is 0 Å². The molecule has 0 amide bonds. The van der Waals surface area contributed by atoms with E-state index in [-0.39, 0.29) is 6.29 Å². The summed E-state index contributed by atoms with van der Waals surface area (Å²) < 4.78 is 30.0. The molecule has 1 fully saturated rings. The lowest BCUT2D eigenvalue weighted by Gasteiger charge is -2.28. The Morgan fingerprint density at radius 2 is 1.11 bits per heavy atom. The normalized spacial score (nSPS) is 16.7. The highest BCUT2D eigenvalue weighted by Crippen LogP contribution is 2.56. The summed E-state index contributed by atoms with van der Waals surface area (Å²) in [7, 11) is -2.59. The molecule has 1 aliphatic rings. The van der Waals surface area contributed by atoms with E-state index >= 15 is 0 Å². The summed E-state index contributed by atoms with van der Waals surface area (Å²) >= 11 is 0. The van der Waals surface area contributed by atoms with E-state index in [2.05, 4.69) is 36.4 Å². The molecular formula is C24H26O2P+. The molecule has 3 heteroatoms. The Kier molecular flexibility index (Phi) is 5.22. The zero-order chi connectivity index (χ0) is 20.2. The van der Waals surface area contributed by atoms with Crippen LogP contribution in [0.2, 0.25) is 0 Å². The first-order chi connectivity index (χ1) is 14.1. The lowest BCUT2D eigenvalue weighted by atomic mass is 10.3. The van der Waals surface area contributed by atoms with Gasteiger partial charge in [0.1, 0.15) is 23.2 Å². The monoisotopic (exact) mass is 379 g/mol. The summed E-state index contributed by atoms with van der Waals surface area (Å²) in [5.41, 5.74) is 0.